The van der Waals surface area contributed by atoms with Gasteiger partial charge >= 0.3 is 5.97 Å². The predicted octanol–water partition coefficient (Wildman–Crippen LogP) is 4.60. The Morgan fingerprint density at radius 1 is 1.04 bits per heavy atom. The van der Waals surface area contributed by atoms with Crippen LogP contribution in [0, 0.1) is 13.8 Å². The van der Waals surface area contributed by atoms with Gasteiger partial charge in [0, 0.05) is 11.3 Å². The molecule has 3 heteroatoms. The van der Waals surface area contributed by atoms with Crippen LogP contribution in [0.25, 0.3) is 33.0 Å². The molecule has 0 aliphatic heterocycles. The van der Waals surface area contributed by atoms with E-state index in [0.717, 1.165) is 17.0 Å². The van der Waals surface area contributed by atoms with Crippen LogP contribution in [0.3, 0.4) is 0 Å². The Morgan fingerprint density at radius 2 is 1.71 bits per heavy atom. The highest BCUT2D eigenvalue weighted by atomic mass is 16.5. The summed E-state index contributed by atoms with van der Waals surface area (Å²) in [5.74, 6) is -0.221. The number of aryl methyl sites for hydroxylation is 1. The molecule has 0 N–H and O–H groups in total. The molecule has 0 unspecified atom stereocenters. The SMILES string of the molecule is CCOC(=O)Cc1nc(C)c2c(c1C)-c1cccc3cccc-2c13. The zero-order valence-electron chi connectivity index (χ0n) is 14.1. The summed E-state index contributed by atoms with van der Waals surface area (Å²) in [6.45, 7) is 6.30. The van der Waals surface area contributed by atoms with E-state index in [-0.39, 0.29) is 12.4 Å². The lowest BCUT2D eigenvalue weighted by Gasteiger charge is -2.14. The lowest BCUT2D eigenvalue weighted by molar-refractivity contribution is -0.142. The Hall–Kier alpha value is -2.68. The summed E-state index contributed by atoms with van der Waals surface area (Å²) in [7, 11) is 0. The van der Waals surface area contributed by atoms with Crippen molar-refractivity contribution in [2.45, 2.75) is 27.2 Å². The molecule has 0 amide bonds. The van der Waals surface area contributed by atoms with Crippen LogP contribution >= 0.6 is 0 Å². The molecule has 3 nitrogen and oxygen atoms in total. The van der Waals surface area contributed by atoms with Crippen molar-refractivity contribution in [1.29, 1.82) is 0 Å². The molecule has 0 bridgehead atoms. The van der Waals surface area contributed by atoms with Crippen molar-refractivity contribution in [3.8, 4) is 22.3 Å². The quantitative estimate of drug-likeness (QED) is 0.518. The Labute approximate surface area is 141 Å². The van der Waals surface area contributed by atoms with Crippen molar-refractivity contribution in [1.82, 2.24) is 4.98 Å². The van der Waals surface area contributed by atoms with E-state index in [1.807, 2.05) is 13.8 Å². The van der Waals surface area contributed by atoms with Crippen molar-refractivity contribution in [3.05, 3.63) is 53.3 Å². The second kappa shape index (κ2) is 5.45. The number of nitrogens with zero attached hydrogens (tertiary/aromatic N) is 1. The highest BCUT2D eigenvalue weighted by Gasteiger charge is 2.27. The van der Waals surface area contributed by atoms with E-state index < -0.39 is 0 Å². The van der Waals surface area contributed by atoms with Crippen molar-refractivity contribution in [2.75, 3.05) is 6.61 Å². The standard InChI is InChI=1S/C21H19NO2/c1-4-24-18(23)11-17-12(2)19-15-9-5-7-14-8-6-10-16(21(14)15)20(19)13(3)22-17/h5-10H,4,11H2,1-3H3. The van der Waals surface area contributed by atoms with Gasteiger partial charge in [-0.3, -0.25) is 9.78 Å². The highest BCUT2D eigenvalue weighted by Crippen LogP contribution is 2.49. The number of fused-ring (bicyclic) bond motifs is 3. The fraction of sp³-hybridized carbons (Fsp3) is 0.238. The first-order valence-electron chi connectivity index (χ1n) is 8.30. The number of carbonyl (C=O) groups excluding carboxylic acids is 1. The van der Waals surface area contributed by atoms with Gasteiger partial charge in [0.2, 0.25) is 0 Å². The number of esters is 1. The number of carbonyl (C=O) groups is 1. The second-order valence-corrected chi connectivity index (χ2v) is 6.21. The summed E-state index contributed by atoms with van der Waals surface area (Å²) < 4.78 is 5.10. The summed E-state index contributed by atoms with van der Waals surface area (Å²) in [6, 6.07) is 12.8. The summed E-state index contributed by atoms with van der Waals surface area (Å²) in [5.41, 5.74) is 7.76. The van der Waals surface area contributed by atoms with Crippen molar-refractivity contribution >= 4 is 16.7 Å². The van der Waals surface area contributed by atoms with Crippen LogP contribution in [0.1, 0.15) is 23.9 Å². The zero-order chi connectivity index (χ0) is 16.8. The van der Waals surface area contributed by atoms with Gasteiger partial charge in [0.05, 0.1) is 18.7 Å². The number of hydrogen-bond acceptors (Lipinski definition) is 3. The molecule has 2 aromatic carbocycles. The van der Waals surface area contributed by atoms with Gasteiger partial charge in [0.15, 0.2) is 0 Å². The van der Waals surface area contributed by atoms with E-state index in [4.69, 9.17) is 9.72 Å². The number of pyridine rings is 1. The first-order valence-corrected chi connectivity index (χ1v) is 8.30. The van der Waals surface area contributed by atoms with Crippen LogP contribution in [0.2, 0.25) is 0 Å². The maximum atomic E-state index is 11.9. The molecule has 120 valence electrons. The fourth-order valence-corrected chi connectivity index (χ4v) is 3.80. The minimum absolute atomic E-state index is 0.221. The Balaban J connectivity index is 1.96. The molecule has 0 radical (unpaired) electrons. The van der Waals surface area contributed by atoms with Crippen molar-refractivity contribution in [2.24, 2.45) is 0 Å². The molecule has 0 spiro atoms. The Kier molecular flexibility index (Phi) is 3.38. The van der Waals surface area contributed by atoms with Crippen LogP contribution in [0.4, 0.5) is 0 Å². The third-order valence-electron chi connectivity index (χ3n) is 4.78. The van der Waals surface area contributed by atoms with Crippen LogP contribution in [0.15, 0.2) is 36.4 Å². The summed E-state index contributed by atoms with van der Waals surface area (Å²) in [6.07, 6.45) is 0.222. The normalized spacial score (nSPS) is 11.6. The van der Waals surface area contributed by atoms with E-state index in [1.54, 1.807) is 0 Å². The molecule has 0 saturated carbocycles. The van der Waals surface area contributed by atoms with E-state index >= 15 is 0 Å². The molecule has 1 aromatic heterocycles. The lowest BCUT2D eigenvalue weighted by atomic mass is 9.96. The fourth-order valence-electron chi connectivity index (χ4n) is 3.80. The molecule has 0 atom stereocenters. The van der Waals surface area contributed by atoms with Crippen molar-refractivity contribution < 1.29 is 9.53 Å². The van der Waals surface area contributed by atoms with Crippen LogP contribution in [-0.2, 0) is 16.0 Å². The average Bonchev–Trinajstić information content (AvgIpc) is 2.90. The molecule has 1 aliphatic rings. The van der Waals surface area contributed by atoms with Crippen LogP contribution in [0.5, 0.6) is 0 Å². The number of aromatic nitrogens is 1. The Bertz CT molecular complexity index is 984. The molecule has 3 aromatic rings. The number of hydrogen-bond donors (Lipinski definition) is 0. The van der Waals surface area contributed by atoms with Crippen molar-refractivity contribution in [3.63, 3.8) is 0 Å². The van der Waals surface area contributed by atoms with Crippen LogP contribution in [-0.4, -0.2) is 17.6 Å². The largest absolute Gasteiger partial charge is 0.466 e. The third kappa shape index (κ3) is 2.04. The highest BCUT2D eigenvalue weighted by molar-refractivity contribution is 6.16. The number of rotatable bonds is 3. The first-order chi connectivity index (χ1) is 11.6. The minimum Gasteiger partial charge on any atom is -0.466 e. The predicted molar refractivity (Wildman–Crippen MR) is 96.0 cm³/mol. The van der Waals surface area contributed by atoms with Gasteiger partial charge in [-0.25, -0.2) is 0 Å². The maximum Gasteiger partial charge on any atom is 0.311 e. The van der Waals surface area contributed by atoms with Gasteiger partial charge in [-0.05, 0) is 53.8 Å². The molecule has 1 heterocycles. The Morgan fingerprint density at radius 3 is 2.38 bits per heavy atom. The summed E-state index contributed by atoms with van der Waals surface area (Å²) >= 11 is 0. The lowest BCUT2D eigenvalue weighted by Crippen LogP contribution is -2.11. The number of ether oxygens (including phenoxy) is 1. The molecular weight excluding hydrogens is 298 g/mol. The minimum atomic E-state index is -0.221. The maximum absolute atomic E-state index is 11.9. The molecule has 4 rings (SSSR count). The summed E-state index contributed by atoms with van der Waals surface area (Å²) in [4.78, 5) is 16.7. The van der Waals surface area contributed by atoms with Gasteiger partial charge in [-0.2, -0.15) is 0 Å². The molecular formula is C21H19NO2. The van der Waals surface area contributed by atoms with E-state index in [9.17, 15) is 4.79 Å². The third-order valence-corrected chi connectivity index (χ3v) is 4.78. The van der Waals surface area contributed by atoms with E-state index in [0.29, 0.717) is 6.61 Å². The topological polar surface area (TPSA) is 39.2 Å². The first kappa shape index (κ1) is 14.9. The summed E-state index contributed by atoms with van der Waals surface area (Å²) in [5, 5.41) is 2.53. The average molecular weight is 317 g/mol. The van der Waals surface area contributed by atoms with Gasteiger partial charge < -0.3 is 4.74 Å². The monoisotopic (exact) mass is 317 g/mol. The van der Waals surface area contributed by atoms with E-state index in [1.165, 1.54) is 33.0 Å². The molecule has 0 saturated heterocycles. The van der Waals surface area contributed by atoms with Gasteiger partial charge in [0.25, 0.3) is 0 Å². The zero-order valence-corrected chi connectivity index (χ0v) is 14.1. The number of benzene rings is 2. The van der Waals surface area contributed by atoms with E-state index in [2.05, 4.69) is 43.3 Å². The second-order valence-electron chi connectivity index (χ2n) is 6.21. The van der Waals surface area contributed by atoms with Gasteiger partial charge in [-0.1, -0.05) is 36.4 Å². The van der Waals surface area contributed by atoms with Gasteiger partial charge in [-0.15, -0.1) is 0 Å². The molecule has 1 aliphatic carbocycles. The van der Waals surface area contributed by atoms with Crippen LogP contribution < -0.4 is 0 Å². The smallest absolute Gasteiger partial charge is 0.311 e. The molecule has 24 heavy (non-hydrogen) atoms. The molecule has 0 fully saturated rings. The van der Waals surface area contributed by atoms with Gasteiger partial charge in [0.1, 0.15) is 0 Å².